The maximum atomic E-state index is 13.0. The van der Waals surface area contributed by atoms with Gasteiger partial charge in [0.05, 0.1) is 113 Å². The second-order valence-electron chi connectivity index (χ2n) is 33.0. The molecular weight excluding hydrogens is 1950 g/mol. The van der Waals surface area contributed by atoms with Gasteiger partial charge in [-0.2, -0.15) is 96.4 Å². The summed E-state index contributed by atoms with van der Waals surface area (Å²) in [5.74, 6) is 0.607. The van der Waals surface area contributed by atoms with Gasteiger partial charge in [0.25, 0.3) is 29.5 Å². The summed E-state index contributed by atoms with van der Waals surface area (Å²) in [5.41, 5.74) is 7.06. The number of alkyl halides is 15. The number of hydrogen-bond acceptors (Lipinski definition) is 15. The van der Waals surface area contributed by atoms with Crippen LogP contribution in [0.2, 0.25) is 0 Å². The highest BCUT2D eigenvalue weighted by atomic mass is 32.1. The van der Waals surface area contributed by atoms with Crippen molar-refractivity contribution in [1.82, 2.24) is 59.1 Å². The first-order valence-electron chi connectivity index (χ1n) is 44.5. The maximum absolute atomic E-state index is 13.0. The van der Waals surface area contributed by atoms with Crippen LogP contribution in [0.3, 0.4) is 0 Å². The number of anilines is 5. The van der Waals surface area contributed by atoms with Crippen molar-refractivity contribution in [2.24, 2.45) is 0 Å². The zero-order chi connectivity index (χ0) is 104. The molecule has 0 aliphatic carbocycles. The Morgan fingerprint density at radius 2 is 0.619 bits per heavy atom. The largest absolute Gasteiger partial charge is 0.495 e. The summed E-state index contributed by atoms with van der Waals surface area (Å²) in [6, 6.07) is 80.6. The molecule has 20 rings (SSSR count). The highest BCUT2D eigenvalue weighted by molar-refractivity contribution is 7.08. The van der Waals surface area contributed by atoms with Crippen molar-refractivity contribution in [2.45, 2.75) is 77.5 Å². The number of benzene rings is 12. The van der Waals surface area contributed by atoms with Crippen LogP contribution in [0.25, 0.3) is 54.5 Å². The summed E-state index contributed by atoms with van der Waals surface area (Å²) in [4.78, 5) is 62.8. The summed E-state index contributed by atoms with van der Waals surface area (Å²) in [5, 5.41) is 50.8. The van der Waals surface area contributed by atoms with E-state index in [2.05, 4.69) is 62.3 Å². The predicted molar refractivity (Wildman–Crippen MR) is 525 cm³/mol. The molecule has 0 bridgehead atoms. The number of methoxy groups -OCH3 is 1. The Morgan fingerprint density at radius 1 is 0.313 bits per heavy atom. The van der Waals surface area contributed by atoms with E-state index in [1.807, 2.05) is 129 Å². The SMILES string of the molecule is COc1cscc1C(=O)Nc1nn(Cc2ccc(C(F)(F)F)cc2)c2ccccc12.Cc1ccccc1C(=O)Nc1nn(Cc2ccc(C(F)(F)F)cc2)c2ccccc12.Cc1ccccc1C(=O)Nc1nn(Cc2ccc(C(F)(F)F)cc2)c2ccccc12.O=C(Nc1nn(Cc2ccc(C(F)(F)F)cc2)c2ccccc12)c1cccnn1.O=C(Nc1nn(Cc2cccc(C(F)(F)F)c2)c2ccccc12)c1ccoc1. The number of amides is 5. The summed E-state index contributed by atoms with van der Waals surface area (Å²) in [6.45, 7) is 4.91. The molecule has 0 fully saturated rings. The smallest absolute Gasteiger partial charge is 0.416 e. The van der Waals surface area contributed by atoms with E-state index in [1.165, 1.54) is 104 Å². The monoisotopic (exact) mass is 2030 g/mol. The summed E-state index contributed by atoms with van der Waals surface area (Å²) in [6.07, 6.45) is -17.7. The Balaban J connectivity index is 0.000000131. The molecule has 147 heavy (non-hydrogen) atoms. The van der Waals surface area contributed by atoms with Gasteiger partial charge in [0, 0.05) is 55.0 Å². The fourth-order valence-corrected chi connectivity index (χ4v) is 16.3. The van der Waals surface area contributed by atoms with Crippen LogP contribution in [0.4, 0.5) is 94.9 Å². The Kier molecular flexibility index (Phi) is 30.5. The molecule has 8 aromatic heterocycles. The fourth-order valence-electron chi connectivity index (χ4n) is 15.6. The highest BCUT2D eigenvalue weighted by Crippen LogP contribution is 2.38. The van der Waals surface area contributed by atoms with E-state index in [0.717, 1.165) is 110 Å². The van der Waals surface area contributed by atoms with E-state index < -0.39 is 64.6 Å². The van der Waals surface area contributed by atoms with E-state index in [9.17, 15) is 89.8 Å². The molecule has 5 amide bonds. The molecule has 0 atom stereocenters. The summed E-state index contributed by atoms with van der Waals surface area (Å²) < 4.78 is 211. The van der Waals surface area contributed by atoms with Crippen LogP contribution in [-0.4, -0.2) is 95.7 Å². The maximum Gasteiger partial charge on any atom is 0.416 e. The Morgan fingerprint density at radius 3 is 0.925 bits per heavy atom. The van der Waals surface area contributed by atoms with Crippen molar-refractivity contribution in [2.75, 3.05) is 33.7 Å². The number of ether oxygens (including phenoxy) is 1. The number of furan rings is 1. The number of carbonyl (C=O) groups is 5. The lowest BCUT2D eigenvalue weighted by atomic mass is 10.1. The fraction of sp³-hybridized carbons (Fsp3) is 0.121. The molecule has 0 radical (unpaired) electrons. The Labute approximate surface area is 828 Å². The first kappa shape index (κ1) is 102. The molecule has 20 aromatic rings. The van der Waals surface area contributed by atoms with Crippen LogP contribution in [-0.2, 0) is 63.6 Å². The van der Waals surface area contributed by atoms with Gasteiger partial charge in [-0.25, -0.2) is 0 Å². The number of thiophene rings is 1. The zero-order valence-electron chi connectivity index (χ0n) is 77.2. The summed E-state index contributed by atoms with van der Waals surface area (Å²) >= 11 is 1.35. The van der Waals surface area contributed by atoms with E-state index in [-0.39, 0.29) is 62.0 Å². The average molecular weight is 2030 g/mol. The number of halogens is 15. The molecule has 5 N–H and O–H groups in total. The lowest BCUT2D eigenvalue weighted by Gasteiger charge is -2.09. The second kappa shape index (κ2) is 43.9. The number of nitrogens with one attached hydrogen (secondary N) is 5. The van der Waals surface area contributed by atoms with Crippen LogP contribution < -0.4 is 31.3 Å². The van der Waals surface area contributed by atoms with E-state index in [1.54, 1.807) is 101 Å². The number of fused-ring (bicyclic) bond motifs is 5. The van der Waals surface area contributed by atoms with Crippen LogP contribution in [0, 0.1) is 13.8 Å². The molecular formula is C107H80F15N17O7S. The zero-order valence-corrected chi connectivity index (χ0v) is 78.0. The van der Waals surface area contributed by atoms with Crippen LogP contribution in [0.5, 0.6) is 5.75 Å². The van der Waals surface area contributed by atoms with Crippen molar-refractivity contribution >= 4 is 124 Å². The molecule has 8 heterocycles. The Hall–Kier alpha value is -17.9. The third-order valence-electron chi connectivity index (χ3n) is 22.9. The molecule has 0 aliphatic rings. The van der Waals surface area contributed by atoms with Gasteiger partial charge in [-0.05, 0) is 204 Å². The van der Waals surface area contributed by atoms with Gasteiger partial charge < -0.3 is 35.7 Å². The minimum absolute atomic E-state index is 0.131. The molecule has 40 heteroatoms. The first-order valence-corrected chi connectivity index (χ1v) is 45.5. The van der Waals surface area contributed by atoms with Crippen LogP contribution >= 0.6 is 11.3 Å². The van der Waals surface area contributed by atoms with Crippen molar-refractivity contribution in [3.8, 4) is 5.75 Å². The van der Waals surface area contributed by atoms with Gasteiger partial charge in [-0.1, -0.05) is 158 Å². The standard InChI is InChI=1S/2C23H18F3N3O.C21H16F3N3O2S.C20H14F3N5O.C20H14F3N3O2/c2*1-15-6-2-3-7-18(15)22(30)27-21-19-8-4-5-9-20(19)29(28-21)14-16-10-12-17(13-11-16)23(24,25)26;1-29-18-12-30-11-16(18)20(28)25-19-15-4-2-3-5-17(15)27(26-19)10-13-6-8-14(9-7-13)21(22,23)24;21-20(22,23)14-9-7-13(8-10-14)12-28-17-6-2-1-4-15(17)18(27-28)25-19(29)16-5-3-11-24-26-16;21-20(22,23)15-5-3-4-13(10-15)11-26-17-7-2-1-6-16(17)18(25-26)24-19(27)14-8-9-28-12-14/h2*2-13H,14H2,1H3,(H,27,28,30);2-9,11-12H,10H2,1H3,(H,25,26,28);1-11H,12H2,(H,25,27,29);1-10,12H,11H2,(H,24,25,27). The first-order chi connectivity index (χ1) is 70.3. The van der Waals surface area contributed by atoms with Crippen LogP contribution in [0.1, 0.15) is 119 Å². The normalized spacial score (nSPS) is 11.6. The molecule has 0 spiro atoms. The lowest BCUT2D eigenvalue weighted by Crippen LogP contribution is -2.15. The topological polar surface area (TPSA) is 283 Å². The second-order valence-corrected chi connectivity index (χ2v) is 33.7. The number of rotatable bonds is 21. The van der Waals surface area contributed by atoms with Gasteiger partial charge in [-0.15, -0.1) is 16.4 Å². The molecule has 12 aromatic carbocycles. The van der Waals surface area contributed by atoms with Gasteiger partial charge in [0.2, 0.25) is 0 Å². The average Bonchev–Trinajstić information content (AvgIpc) is 1.65. The van der Waals surface area contributed by atoms with Gasteiger partial charge in [-0.3, -0.25) is 47.4 Å². The lowest BCUT2D eigenvalue weighted by molar-refractivity contribution is -0.138. The summed E-state index contributed by atoms with van der Waals surface area (Å²) in [7, 11) is 1.49. The van der Waals surface area contributed by atoms with Crippen molar-refractivity contribution in [3.05, 3.63) is 434 Å². The Bertz CT molecular complexity index is 7910. The van der Waals surface area contributed by atoms with Crippen molar-refractivity contribution in [1.29, 1.82) is 0 Å². The number of aryl methyl sites for hydroxylation is 2. The predicted octanol–water partition coefficient (Wildman–Crippen LogP) is 25.8. The molecule has 0 saturated heterocycles. The number of aromatic nitrogens is 12. The van der Waals surface area contributed by atoms with Gasteiger partial charge in [0.15, 0.2) is 34.8 Å². The third kappa shape index (κ3) is 24.9. The molecule has 0 aliphatic heterocycles. The molecule has 24 nitrogen and oxygen atoms in total. The number of carbonyl (C=O) groups excluding carboxylic acids is 5. The minimum atomic E-state index is -4.41. The number of para-hydroxylation sites is 5. The van der Waals surface area contributed by atoms with Crippen molar-refractivity contribution < 1.29 is 99.0 Å². The van der Waals surface area contributed by atoms with E-state index in [4.69, 9.17) is 9.15 Å². The minimum Gasteiger partial charge on any atom is -0.495 e. The van der Waals surface area contributed by atoms with E-state index in [0.29, 0.717) is 101 Å². The highest BCUT2D eigenvalue weighted by Gasteiger charge is 2.35. The van der Waals surface area contributed by atoms with Gasteiger partial charge in [0.1, 0.15) is 12.0 Å². The number of hydrogen-bond donors (Lipinski definition) is 5. The molecule has 746 valence electrons. The molecule has 0 saturated carbocycles. The van der Waals surface area contributed by atoms with E-state index >= 15 is 0 Å². The van der Waals surface area contributed by atoms with Gasteiger partial charge >= 0.3 is 30.9 Å². The van der Waals surface area contributed by atoms with Crippen molar-refractivity contribution in [3.63, 3.8) is 0 Å². The quantitative estimate of drug-likeness (QED) is 0.0418. The number of nitrogens with zero attached hydrogens (tertiary/aromatic N) is 12. The van der Waals surface area contributed by atoms with Crippen LogP contribution in [0.15, 0.2) is 343 Å². The third-order valence-corrected chi connectivity index (χ3v) is 23.7. The molecule has 0 unspecified atom stereocenters.